The van der Waals surface area contributed by atoms with Crippen LogP contribution in [0.5, 0.6) is 0 Å². The van der Waals surface area contributed by atoms with Crippen molar-refractivity contribution in [3.8, 4) is 0 Å². The Bertz CT molecular complexity index is 796. The first-order valence-corrected chi connectivity index (χ1v) is 11.4. The molecule has 0 amide bonds. The Labute approximate surface area is 193 Å². The summed E-state index contributed by atoms with van der Waals surface area (Å²) in [6.07, 6.45) is 9.88. The Kier molecular flexibility index (Phi) is 10.1. The minimum Gasteiger partial charge on any atom is -0.354 e. The molecule has 29 heavy (non-hydrogen) atoms. The molecule has 0 spiro atoms. The summed E-state index contributed by atoms with van der Waals surface area (Å²) >= 11 is 0. The summed E-state index contributed by atoms with van der Waals surface area (Å²) in [5, 5.41) is 7.26. The second kappa shape index (κ2) is 12.3. The van der Waals surface area contributed by atoms with E-state index < -0.39 is 10.8 Å². The molecule has 3 atom stereocenters. The van der Waals surface area contributed by atoms with Crippen LogP contribution in [-0.2, 0) is 23.9 Å². The molecule has 1 heterocycles. The number of aromatic nitrogens is 2. The minimum absolute atomic E-state index is 0. The van der Waals surface area contributed by atoms with E-state index in [1.807, 2.05) is 19.4 Å². The minimum atomic E-state index is -0.708. The van der Waals surface area contributed by atoms with Gasteiger partial charge in [0.25, 0.3) is 0 Å². The van der Waals surface area contributed by atoms with Crippen LogP contribution >= 0.6 is 24.0 Å². The van der Waals surface area contributed by atoms with Gasteiger partial charge in [-0.25, -0.2) is 4.98 Å². The highest BCUT2D eigenvalue weighted by molar-refractivity contribution is 14.0. The van der Waals surface area contributed by atoms with Crippen molar-refractivity contribution in [3.63, 3.8) is 0 Å². The molecule has 1 aromatic carbocycles. The zero-order chi connectivity index (χ0) is 19.8. The Morgan fingerprint density at radius 1 is 1.34 bits per heavy atom. The summed E-state index contributed by atoms with van der Waals surface area (Å²) in [4.78, 5) is 8.47. The number of guanidine groups is 1. The van der Waals surface area contributed by atoms with E-state index in [-0.39, 0.29) is 24.0 Å². The van der Waals surface area contributed by atoms with E-state index in [2.05, 4.69) is 49.4 Å². The summed E-state index contributed by atoms with van der Waals surface area (Å²) in [6.45, 7) is 3.54. The monoisotopic (exact) mass is 529 g/mol. The molecule has 2 N–H and O–H groups in total. The van der Waals surface area contributed by atoms with Crippen molar-refractivity contribution < 1.29 is 4.21 Å². The zero-order valence-electron chi connectivity index (χ0n) is 17.2. The lowest BCUT2D eigenvalue weighted by molar-refractivity contribution is 0.413. The molecule has 2 aromatic rings. The normalized spacial score (nSPS) is 20.6. The highest BCUT2D eigenvalue weighted by Gasteiger charge is 2.25. The smallest absolute Gasteiger partial charge is 0.191 e. The molecule has 0 radical (unpaired) electrons. The van der Waals surface area contributed by atoms with Gasteiger partial charge in [-0.1, -0.05) is 37.6 Å². The highest BCUT2D eigenvalue weighted by atomic mass is 127. The lowest BCUT2D eigenvalue weighted by atomic mass is 9.95. The average Bonchev–Trinajstić information content (AvgIpc) is 3.24. The van der Waals surface area contributed by atoms with Crippen molar-refractivity contribution in [2.45, 2.75) is 57.0 Å². The molecule has 1 aromatic heterocycles. The van der Waals surface area contributed by atoms with Crippen LogP contribution in [0.2, 0.25) is 0 Å². The molecule has 0 saturated heterocycles. The van der Waals surface area contributed by atoms with Gasteiger partial charge in [0, 0.05) is 60.4 Å². The molecular formula is C21H32IN5OS. The lowest BCUT2D eigenvalue weighted by Gasteiger charge is -2.30. The number of hydrogen-bond donors (Lipinski definition) is 2. The van der Waals surface area contributed by atoms with Crippen LogP contribution < -0.4 is 10.6 Å². The summed E-state index contributed by atoms with van der Waals surface area (Å²) in [5.41, 5.74) is 2.46. The highest BCUT2D eigenvalue weighted by Crippen LogP contribution is 2.23. The Morgan fingerprint density at radius 2 is 2.17 bits per heavy atom. The number of nitrogens with zero attached hydrogens (tertiary/aromatic N) is 3. The van der Waals surface area contributed by atoms with E-state index in [0.29, 0.717) is 17.8 Å². The number of halogens is 1. The van der Waals surface area contributed by atoms with Crippen molar-refractivity contribution in [2.24, 2.45) is 4.99 Å². The standard InChI is InChI=1S/C21H31N5OS.HI/c1-3-28(27)20-9-5-8-19(13-20)25-21(22-2)24-14-17-6-4-7-18(12-17)15-26-11-10-23-16-26;/h4,6-7,10-12,16,19-20H,3,5,8-9,13-15H2,1-2H3,(H2,22,24,25);1H. The van der Waals surface area contributed by atoms with E-state index >= 15 is 0 Å². The fourth-order valence-electron chi connectivity index (χ4n) is 3.75. The largest absolute Gasteiger partial charge is 0.354 e. The van der Waals surface area contributed by atoms with Gasteiger partial charge < -0.3 is 15.2 Å². The van der Waals surface area contributed by atoms with Gasteiger partial charge in [-0.05, 0) is 30.4 Å². The number of hydrogen-bond acceptors (Lipinski definition) is 3. The molecule has 1 aliphatic rings. The third-order valence-corrected chi connectivity index (χ3v) is 6.96. The molecule has 1 fully saturated rings. The zero-order valence-corrected chi connectivity index (χ0v) is 20.4. The van der Waals surface area contributed by atoms with E-state index in [1.54, 1.807) is 13.2 Å². The summed E-state index contributed by atoms with van der Waals surface area (Å²) in [7, 11) is 1.09. The first-order chi connectivity index (χ1) is 13.7. The second-order valence-electron chi connectivity index (χ2n) is 7.28. The summed E-state index contributed by atoms with van der Waals surface area (Å²) < 4.78 is 14.2. The van der Waals surface area contributed by atoms with E-state index in [4.69, 9.17) is 0 Å². The molecule has 3 unspecified atom stereocenters. The first kappa shape index (κ1) is 23.9. The van der Waals surface area contributed by atoms with Crippen LogP contribution in [0.25, 0.3) is 0 Å². The van der Waals surface area contributed by atoms with Crippen LogP contribution in [0, 0.1) is 0 Å². The SMILES string of the molecule is CCS(=O)C1CCCC(NC(=NC)NCc2cccc(Cn3ccnc3)c2)C1.I. The number of benzene rings is 1. The maximum Gasteiger partial charge on any atom is 0.191 e. The van der Waals surface area contributed by atoms with Gasteiger partial charge in [0.15, 0.2) is 5.96 Å². The van der Waals surface area contributed by atoms with Crippen molar-refractivity contribution in [2.75, 3.05) is 12.8 Å². The predicted molar refractivity (Wildman–Crippen MR) is 131 cm³/mol. The van der Waals surface area contributed by atoms with Gasteiger partial charge in [0.05, 0.1) is 6.33 Å². The van der Waals surface area contributed by atoms with Crippen LogP contribution in [0.3, 0.4) is 0 Å². The Hall–Kier alpha value is -1.42. The quantitative estimate of drug-likeness (QED) is 0.328. The van der Waals surface area contributed by atoms with Gasteiger partial charge in [-0.15, -0.1) is 24.0 Å². The van der Waals surface area contributed by atoms with Crippen molar-refractivity contribution in [1.29, 1.82) is 0 Å². The van der Waals surface area contributed by atoms with Gasteiger partial charge in [-0.2, -0.15) is 0 Å². The average molecular weight is 529 g/mol. The maximum absolute atomic E-state index is 12.2. The fourth-order valence-corrected chi connectivity index (χ4v) is 5.10. The third-order valence-electron chi connectivity index (χ3n) is 5.22. The molecule has 6 nitrogen and oxygen atoms in total. The van der Waals surface area contributed by atoms with Gasteiger partial charge in [0.1, 0.15) is 0 Å². The van der Waals surface area contributed by atoms with Crippen molar-refractivity contribution in [3.05, 3.63) is 54.1 Å². The molecular weight excluding hydrogens is 497 g/mol. The second-order valence-corrected chi connectivity index (χ2v) is 9.29. The molecule has 160 valence electrons. The Balaban J connectivity index is 0.00000300. The van der Waals surface area contributed by atoms with Crippen LogP contribution in [-0.4, -0.2) is 43.8 Å². The molecule has 1 aliphatic carbocycles. The molecule has 1 saturated carbocycles. The molecule has 0 bridgehead atoms. The molecule has 8 heteroatoms. The predicted octanol–water partition coefficient (Wildman–Crippen LogP) is 3.29. The maximum atomic E-state index is 12.2. The van der Waals surface area contributed by atoms with Crippen LogP contribution in [0.15, 0.2) is 48.0 Å². The Morgan fingerprint density at radius 3 is 2.90 bits per heavy atom. The van der Waals surface area contributed by atoms with E-state index in [0.717, 1.165) is 43.9 Å². The van der Waals surface area contributed by atoms with Gasteiger partial charge >= 0.3 is 0 Å². The topological polar surface area (TPSA) is 71.3 Å². The van der Waals surface area contributed by atoms with Gasteiger partial charge in [0.2, 0.25) is 0 Å². The molecule has 3 rings (SSSR count). The number of nitrogens with one attached hydrogen (secondary N) is 2. The molecule has 0 aliphatic heterocycles. The van der Waals surface area contributed by atoms with Crippen LogP contribution in [0.4, 0.5) is 0 Å². The first-order valence-electron chi connectivity index (χ1n) is 10.1. The summed E-state index contributed by atoms with van der Waals surface area (Å²) in [5.74, 6) is 1.56. The van der Waals surface area contributed by atoms with Gasteiger partial charge in [-0.3, -0.25) is 9.20 Å². The number of imidazole rings is 1. The number of rotatable bonds is 7. The van der Waals surface area contributed by atoms with E-state index in [1.165, 1.54) is 11.1 Å². The van der Waals surface area contributed by atoms with E-state index in [9.17, 15) is 4.21 Å². The van der Waals surface area contributed by atoms with Crippen molar-refractivity contribution in [1.82, 2.24) is 20.2 Å². The third kappa shape index (κ3) is 7.40. The van der Waals surface area contributed by atoms with Crippen LogP contribution in [0.1, 0.15) is 43.7 Å². The number of aliphatic imine (C=N–C) groups is 1. The fraction of sp³-hybridized carbons (Fsp3) is 0.524. The lowest BCUT2D eigenvalue weighted by Crippen LogP contribution is -2.46. The summed E-state index contributed by atoms with van der Waals surface area (Å²) in [6, 6.07) is 8.89. The van der Waals surface area contributed by atoms with Crippen molar-refractivity contribution >= 4 is 40.7 Å².